The second-order valence-corrected chi connectivity index (χ2v) is 4.52. The van der Waals surface area contributed by atoms with Gasteiger partial charge in [-0.3, -0.25) is 0 Å². The Labute approximate surface area is 100.0 Å². The fourth-order valence-corrected chi connectivity index (χ4v) is 2.13. The predicted octanol–water partition coefficient (Wildman–Crippen LogP) is 3.74. The number of rotatable bonds is 3. The van der Waals surface area contributed by atoms with E-state index >= 15 is 0 Å². The zero-order chi connectivity index (χ0) is 11.2. The highest BCUT2D eigenvalue weighted by Gasteiger charge is 1.95. The SMILES string of the molecule is N/C(=C\c1ccccc1)Sc1ccccc1. The van der Waals surface area contributed by atoms with Crippen LogP contribution in [0.5, 0.6) is 0 Å². The third-order valence-corrected chi connectivity index (χ3v) is 2.95. The van der Waals surface area contributed by atoms with E-state index in [0.29, 0.717) is 0 Å². The smallest absolute Gasteiger partial charge is 0.0709 e. The summed E-state index contributed by atoms with van der Waals surface area (Å²) in [5.74, 6) is 0. The molecular formula is C14H13NS. The first-order chi connectivity index (χ1) is 7.84. The molecule has 0 spiro atoms. The van der Waals surface area contributed by atoms with Crippen LogP contribution in [-0.2, 0) is 0 Å². The van der Waals surface area contributed by atoms with Crippen molar-refractivity contribution in [3.05, 3.63) is 71.3 Å². The average Bonchev–Trinajstić information content (AvgIpc) is 2.31. The maximum Gasteiger partial charge on any atom is 0.0709 e. The van der Waals surface area contributed by atoms with E-state index in [1.165, 1.54) is 0 Å². The third kappa shape index (κ3) is 3.17. The molecule has 0 aliphatic rings. The minimum Gasteiger partial charge on any atom is -0.393 e. The molecule has 80 valence electrons. The number of thioether (sulfide) groups is 1. The fourth-order valence-electron chi connectivity index (χ4n) is 1.37. The molecule has 0 aliphatic carbocycles. The molecule has 2 aromatic carbocycles. The summed E-state index contributed by atoms with van der Waals surface area (Å²) in [6, 6.07) is 20.2. The van der Waals surface area contributed by atoms with Crippen LogP contribution >= 0.6 is 11.8 Å². The highest BCUT2D eigenvalue weighted by atomic mass is 32.2. The van der Waals surface area contributed by atoms with Gasteiger partial charge in [0.25, 0.3) is 0 Å². The van der Waals surface area contributed by atoms with Gasteiger partial charge in [0.15, 0.2) is 0 Å². The molecule has 0 atom stereocenters. The van der Waals surface area contributed by atoms with Gasteiger partial charge in [0.1, 0.15) is 0 Å². The molecule has 0 saturated carbocycles. The highest BCUT2D eigenvalue weighted by molar-refractivity contribution is 8.03. The van der Waals surface area contributed by atoms with Crippen molar-refractivity contribution in [3.8, 4) is 0 Å². The van der Waals surface area contributed by atoms with Crippen LogP contribution in [0.25, 0.3) is 6.08 Å². The minimum absolute atomic E-state index is 0.803. The van der Waals surface area contributed by atoms with Crippen molar-refractivity contribution in [2.75, 3.05) is 0 Å². The number of hydrogen-bond acceptors (Lipinski definition) is 2. The minimum atomic E-state index is 0.803. The summed E-state index contributed by atoms with van der Waals surface area (Å²) in [7, 11) is 0. The van der Waals surface area contributed by atoms with E-state index in [0.717, 1.165) is 15.5 Å². The van der Waals surface area contributed by atoms with Crippen molar-refractivity contribution in [2.24, 2.45) is 5.73 Å². The Morgan fingerprint density at radius 2 is 1.44 bits per heavy atom. The first-order valence-corrected chi connectivity index (χ1v) is 5.91. The summed E-state index contributed by atoms with van der Waals surface area (Å²) in [5.41, 5.74) is 7.09. The molecule has 2 aromatic rings. The van der Waals surface area contributed by atoms with Crippen LogP contribution in [-0.4, -0.2) is 0 Å². The molecule has 0 amide bonds. The first-order valence-electron chi connectivity index (χ1n) is 5.10. The molecule has 2 rings (SSSR count). The molecule has 0 radical (unpaired) electrons. The maximum absolute atomic E-state index is 5.96. The molecule has 0 fully saturated rings. The van der Waals surface area contributed by atoms with E-state index in [1.807, 2.05) is 54.6 Å². The van der Waals surface area contributed by atoms with Gasteiger partial charge in [-0.25, -0.2) is 0 Å². The molecule has 16 heavy (non-hydrogen) atoms. The van der Waals surface area contributed by atoms with Gasteiger partial charge in [0.05, 0.1) is 5.03 Å². The van der Waals surface area contributed by atoms with Crippen LogP contribution in [0.2, 0.25) is 0 Å². The Hall–Kier alpha value is -1.67. The summed E-state index contributed by atoms with van der Waals surface area (Å²) < 4.78 is 0. The lowest BCUT2D eigenvalue weighted by atomic mass is 10.2. The van der Waals surface area contributed by atoms with Crippen molar-refractivity contribution < 1.29 is 0 Å². The Kier molecular flexibility index (Phi) is 3.67. The average molecular weight is 227 g/mol. The first kappa shape index (κ1) is 10.8. The van der Waals surface area contributed by atoms with Gasteiger partial charge in [0.2, 0.25) is 0 Å². The quantitative estimate of drug-likeness (QED) is 0.808. The molecule has 0 saturated heterocycles. The number of nitrogens with two attached hydrogens (primary N) is 1. The van der Waals surface area contributed by atoms with Gasteiger partial charge < -0.3 is 5.73 Å². The van der Waals surface area contributed by atoms with Crippen molar-refractivity contribution in [3.63, 3.8) is 0 Å². The summed E-state index contributed by atoms with van der Waals surface area (Å²) in [6.45, 7) is 0. The second kappa shape index (κ2) is 5.42. The Bertz CT molecular complexity index is 463. The summed E-state index contributed by atoms with van der Waals surface area (Å²) in [5, 5.41) is 0.803. The van der Waals surface area contributed by atoms with Gasteiger partial charge in [-0.15, -0.1) is 0 Å². The van der Waals surface area contributed by atoms with E-state index in [4.69, 9.17) is 5.73 Å². The number of benzene rings is 2. The standard InChI is InChI=1S/C14H13NS/c15-14(11-12-7-3-1-4-8-12)16-13-9-5-2-6-10-13/h1-11H,15H2/b14-11+. The fraction of sp³-hybridized carbons (Fsp3) is 0. The Morgan fingerprint density at radius 3 is 2.06 bits per heavy atom. The second-order valence-electron chi connectivity index (χ2n) is 3.37. The van der Waals surface area contributed by atoms with Crippen molar-refractivity contribution in [1.82, 2.24) is 0 Å². The lowest BCUT2D eigenvalue weighted by molar-refractivity contribution is 1.45. The van der Waals surface area contributed by atoms with E-state index in [9.17, 15) is 0 Å². The molecule has 0 bridgehead atoms. The van der Waals surface area contributed by atoms with Gasteiger partial charge in [-0.2, -0.15) is 0 Å². The van der Waals surface area contributed by atoms with Crippen molar-refractivity contribution in [2.45, 2.75) is 4.90 Å². The Morgan fingerprint density at radius 1 is 0.875 bits per heavy atom. The van der Waals surface area contributed by atoms with Gasteiger partial charge in [0, 0.05) is 4.90 Å². The summed E-state index contributed by atoms with van der Waals surface area (Å²) in [4.78, 5) is 1.16. The molecule has 0 unspecified atom stereocenters. The summed E-state index contributed by atoms with van der Waals surface area (Å²) in [6.07, 6.45) is 1.98. The zero-order valence-electron chi connectivity index (χ0n) is 8.84. The van der Waals surface area contributed by atoms with Crippen LogP contribution in [0, 0.1) is 0 Å². The van der Waals surface area contributed by atoms with E-state index in [2.05, 4.69) is 12.1 Å². The van der Waals surface area contributed by atoms with Gasteiger partial charge >= 0.3 is 0 Å². The van der Waals surface area contributed by atoms with Crippen molar-refractivity contribution >= 4 is 17.8 Å². The van der Waals surface area contributed by atoms with Crippen LogP contribution in [0.3, 0.4) is 0 Å². The monoisotopic (exact) mass is 227 g/mol. The van der Waals surface area contributed by atoms with Gasteiger partial charge in [-0.1, -0.05) is 60.3 Å². The highest BCUT2D eigenvalue weighted by Crippen LogP contribution is 2.23. The zero-order valence-corrected chi connectivity index (χ0v) is 9.65. The largest absolute Gasteiger partial charge is 0.393 e. The van der Waals surface area contributed by atoms with Crippen LogP contribution < -0.4 is 5.73 Å². The molecule has 1 nitrogen and oxygen atoms in total. The van der Waals surface area contributed by atoms with Gasteiger partial charge in [-0.05, 0) is 23.8 Å². The molecule has 0 heterocycles. The van der Waals surface area contributed by atoms with E-state index in [1.54, 1.807) is 11.8 Å². The lowest BCUT2D eigenvalue weighted by Crippen LogP contribution is -1.91. The van der Waals surface area contributed by atoms with Crippen molar-refractivity contribution in [1.29, 1.82) is 0 Å². The maximum atomic E-state index is 5.96. The molecule has 0 aliphatic heterocycles. The predicted molar refractivity (Wildman–Crippen MR) is 70.9 cm³/mol. The van der Waals surface area contributed by atoms with E-state index in [-0.39, 0.29) is 0 Å². The summed E-state index contributed by atoms with van der Waals surface area (Å²) >= 11 is 1.58. The molecule has 0 aromatic heterocycles. The lowest BCUT2D eigenvalue weighted by Gasteiger charge is -2.01. The van der Waals surface area contributed by atoms with Crippen LogP contribution in [0.1, 0.15) is 5.56 Å². The molecular weight excluding hydrogens is 214 g/mol. The van der Waals surface area contributed by atoms with Crippen LogP contribution in [0.4, 0.5) is 0 Å². The third-order valence-electron chi connectivity index (χ3n) is 2.09. The van der Waals surface area contributed by atoms with Crippen LogP contribution in [0.15, 0.2) is 70.6 Å². The number of hydrogen-bond donors (Lipinski definition) is 1. The normalized spacial score (nSPS) is 11.4. The molecule has 2 N–H and O–H groups in total. The van der Waals surface area contributed by atoms with E-state index < -0.39 is 0 Å². The Balaban J connectivity index is 2.09. The molecule has 2 heteroatoms. The topological polar surface area (TPSA) is 26.0 Å².